The van der Waals surface area contributed by atoms with E-state index in [0.29, 0.717) is 31.0 Å². The zero-order valence-corrected chi connectivity index (χ0v) is 15.4. The summed E-state index contributed by atoms with van der Waals surface area (Å²) >= 11 is 0. The van der Waals surface area contributed by atoms with Gasteiger partial charge >= 0.3 is 5.69 Å². The molecule has 140 valence electrons. The Hall–Kier alpha value is -2.64. The van der Waals surface area contributed by atoms with E-state index in [9.17, 15) is 14.4 Å². The maximum atomic E-state index is 13.0. The highest BCUT2D eigenvalue weighted by Gasteiger charge is 2.22. The molecule has 0 atom stereocenters. The molecule has 3 heterocycles. The second-order valence-electron chi connectivity index (χ2n) is 6.58. The zero-order chi connectivity index (χ0) is 18.8. The van der Waals surface area contributed by atoms with Gasteiger partial charge in [-0.25, -0.2) is 14.3 Å². The minimum atomic E-state index is -0.549. The first kappa shape index (κ1) is 18.2. The summed E-state index contributed by atoms with van der Waals surface area (Å²) in [6.45, 7) is 5.09. The van der Waals surface area contributed by atoms with Gasteiger partial charge < -0.3 is 9.64 Å². The Morgan fingerprint density at radius 1 is 1.23 bits per heavy atom. The number of pyridine rings is 1. The van der Waals surface area contributed by atoms with Crippen molar-refractivity contribution in [2.75, 3.05) is 19.7 Å². The molecule has 0 aliphatic carbocycles. The normalized spacial score (nSPS) is 14.7. The second-order valence-corrected chi connectivity index (χ2v) is 6.58. The molecule has 1 fully saturated rings. The van der Waals surface area contributed by atoms with E-state index in [-0.39, 0.29) is 23.5 Å². The zero-order valence-electron chi connectivity index (χ0n) is 15.4. The molecule has 2 aromatic rings. The smallest absolute Gasteiger partial charge is 0.332 e. The summed E-state index contributed by atoms with van der Waals surface area (Å²) in [4.78, 5) is 44.2. The Balaban J connectivity index is 2.13. The number of piperidine rings is 1. The fourth-order valence-electron chi connectivity index (χ4n) is 3.37. The fraction of sp³-hybridized carbons (Fsp3) is 0.556. The molecule has 0 bridgehead atoms. The number of likely N-dealkylation sites (tertiary alicyclic amines) is 1. The van der Waals surface area contributed by atoms with E-state index in [4.69, 9.17) is 4.74 Å². The lowest BCUT2D eigenvalue weighted by Gasteiger charge is -2.27. The van der Waals surface area contributed by atoms with Crippen molar-refractivity contribution < 1.29 is 9.53 Å². The number of hydrogen-bond acceptors (Lipinski definition) is 5. The van der Waals surface area contributed by atoms with E-state index in [0.717, 1.165) is 23.8 Å². The molecular weight excluding hydrogens is 336 g/mol. The monoisotopic (exact) mass is 360 g/mol. The van der Waals surface area contributed by atoms with Crippen LogP contribution in [0.1, 0.15) is 31.7 Å². The molecule has 1 amide bonds. The van der Waals surface area contributed by atoms with Gasteiger partial charge in [-0.05, 0) is 33.1 Å². The van der Waals surface area contributed by atoms with Crippen LogP contribution in [0.3, 0.4) is 0 Å². The van der Waals surface area contributed by atoms with Crippen LogP contribution in [0.4, 0.5) is 0 Å². The van der Waals surface area contributed by atoms with Crippen LogP contribution >= 0.6 is 0 Å². The van der Waals surface area contributed by atoms with Crippen LogP contribution < -0.4 is 16.0 Å². The average molecular weight is 360 g/mol. The van der Waals surface area contributed by atoms with E-state index in [1.54, 1.807) is 25.1 Å². The highest BCUT2D eigenvalue weighted by molar-refractivity contribution is 5.83. The van der Waals surface area contributed by atoms with Crippen LogP contribution in [0.5, 0.6) is 5.75 Å². The first-order valence-corrected chi connectivity index (χ1v) is 8.95. The molecule has 0 aromatic carbocycles. The van der Waals surface area contributed by atoms with Crippen LogP contribution in [0.2, 0.25) is 0 Å². The van der Waals surface area contributed by atoms with Crippen molar-refractivity contribution in [3.8, 4) is 5.75 Å². The molecule has 1 saturated heterocycles. The average Bonchev–Trinajstić information content (AvgIpc) is 2.65. The van der Waals surface area contributed by atoms with E-state index < -0.39 is 11.2 Å². The molecule has 8 nitrogen and oxygen atoms in total. The molecular formula is C18H24N4O4. The lowest BCUT2D eigenvalue weighted by molar-refractivity contribution is -0.132. The van der Waals surface area contributed by atoms with Gasteiger partial charge in [-0.3, -0.25) is 14.2 Å². The Labute approximate surface area is 151 Å². The van der Waals surface area contributed by atoms with E-state index in [1.807, 2.05) is 6.92 Å². The molecule has 0 N–H and O–H groups in total. The molecule has 2 aromatic heterocycles. The predicted octanol–water partition coefficient (Wildman–Crippen LogP) is 0.815. The second kappa shape index (κ2) is 7.31. The number of fused-ring (bicyclic) bond motifs is 1. The fourth-order valence-corrected chi connectivity index (χ4v) is 3.37. The van der Waals surface area contributed by atoms with Crippen molar-refractivity contribution in [2.45, 2.75) is 39.7 Å². The predicted molar refractivity (Wildman–Crippen MR) is 97.6 cm³/mol. The molecule has 0 spiro atoms. The van der Waals surface area contributed by atoms with Gasteiger partial charge in [0.2, 0.25) is 5.91 Å². The summed E-state index contributed by atoms with van der Waals surface area (Å²) in [6.07, 6.45) is 4.58. The number of rotatable bonds is 4. The van der Waals surface area contributed by atoms with Gasteiger partial charge in [0.1, 0.15) is 17.7 Å². The molecule has 1 aliphatic heterocycles. The number of carbonyl (C=O) groups excluding carboxylic acids is 1. The molecule has 8 heteroatoms. The lowest BCUT2D eigenvalue weighted by Crippen LogP contribution is -2.45. The van der Waals surface area contributed by atoms with Crippen LogP contribution in [0.15, 0.2) is 15.8 Å². The van der Waals surface area contributed by atoms with Crippen molar-refractivity contribution in [3.63, 3.8) is 0 Å². The Morgan fingerprint density at radius 3 is 2.58 bits per heavy atom. The third-order valence-corrected chi connectivity index (χ3v) is 4.77. The highest BCUT2D eigenvalue weighted by Crippen LogP contribution is 2.24. The third-order valence-electron chi connectivity index (χ3n) is 4.77. The van der Waals surface area contributed by atoms with Crippen molar-refractivity contribution in [2.24, 2.45) is 7.05 Å². The van der Waals surface area contributed by atoms with Crippen molar-refractivity contribution in [3.05, 3.63) is 32.6 Å². The SMILES string of the molecule is CCOc1c(C)cnc2c1c(=O)n(CC(=O)N1CCCCC1)c(=O)n2C. The molecule has 0 saturated carbocycles. The summed E-state index contributed by atoms with van der Waals surface area (Å²) in [5.41, 5.74) is -0.112. The maximum absolute atomic E-state index is 13.0. The van der Waals surface area contributed by atoms with Crippen LogP contribution in [0.25, 0.3) is 11.0 Å². The van der Waals surface area contributed by atoms with E-state index >= 15 is 0 Å². The number of carbonyl (C=O) groups is 1. The Kier molecular flexibility index (Phi) is 5.11. The third kappa shape index (κ3) is 3.11. The topological polar surface area (TPSA) is 86.4 Å². The van der Waals surface area contributed by atoms with Gasteiger partial charge in [0.25, 0.3) is 5.56 Å². The van der Waals surface area contributed by atoms with Gasteiger partial charge in [-0.15, -0.1) is 0 Å². The number of ether oxygens (including phenoxy) is 1. The van der Waals surface area contributed by atoms with Crippen molar-refractivity contribution >= 4 is 16.9 Å². The summed E-state index contributed by atoms with van der Waals surface area (Å²) in [5, 5.41) is 0.236. The first-order valence-electron chi connectivity index (χ1n) is 8.95. The number of nitrogens with zero attached hydrogens (tertiary/aromatic N) is 4. The highest BCUT2D eigenvalue weighted by atomic mass is 16.5. The van der Waals surface area contributed by atoms with Crippen LogP contribution in [0, 0.1) is 6.92 Å². The van der Waals surface area contributed by atoms with E-state index in [2.05, 4.69) is 4.98 Å². The van der Waals surface area contributed by atoms with Crippen LogP contribution in [-0.4, -0.2) is 44.6 Å². The largest absolute Gasteiger partial charge is 0.493 e. The number of amides is 1. The van der Waals surface area contributed by atoms with Crippen molar-refractivity contribution in [1.29, 1.82) is 0 Å². The molecule has 0 radical (unpaired) electrons. The van der Waals surface area contributed by atoms with Gasteiger partial charge in [0.05, 0.1) is 6.61 Å². The molecule has 3 rings (SSSR count). The quantitative estimate of drug-likeness (QED) is 0.805. The minimum absolute atomic E-state index is 0.207. The number of hydrogen-bond donors (Lipinski definition) is 0. The summed E-state index contributed by atoms with van der Waals surface area (Å²) in [6, 6.07) is 0. The first-order chi connectivity index (χ1) is 12.5. The van der Waals surface area contributed by atoms with Crippen LogP contribution in [-0.2, 0) is 18.4 Å². The number of aryl methyl sites for hydroxylation is 2. The van der Waals surface area contributed by atoms with Crippen molar-refractivity contribution in [1.82, 2.24) is 19.0 Å². The lowest BCUT2D eigenvalue weighted by atomic mass is 10.1. The van der Waals surface area contributed by atoms with Gasteiger partial charge in [-0.2, -0.15) is 0 Å². The maximum Gasteiger partial charge on any atom is 0.332 e. The summed E-state index contributed by atoms with van der Waals surface area (Å²) in [7, 11) is 1.55. The minimum Gasteiger partial charge on any atom is -0.493 e. The van der Waals surface area contributed by atoms with Gasteiger partial charge in [-0.1, -0.05) is 0 Å². The van der Waals surface area contributed by atoms with Gasteiger partial charge in [0.15, 0.2) is 5.65 Å². The Bertz CT molecular complexity index is 954. The molecule has 0 unspecified atom stereocenters. The summed E-state index contributed by atoms with van der Waals surface area (Å²) < 4.78 is 7.92. The van der Waals surface area contributed by atoms with E-state index in [1.165, 1.54) is 4.57 Å². The number of aromatic nitrogens is 3. The summed E-state index contributed by atoms with van der Waals surface area (Å²) in [5.74, 6) is 0.207. The standard InChI is InChI=1S/C18H24N4O4/c1-4-26-15-12(2)10-19-16-14(15)17(24)22(18(25)20(16)3)11-13(23)21-8-6-5-7-9-21/h10H,4-9,11H2,1-3H3. The Morgan fingerprint density at radius 2 is 1.92 bits per heavy atom. The van der Waals surface area contributed by atoms with Gasteiger partial charge in [0, 0.05) is 31.9 Å². The molecule has 1 aliphatic rings. The molecule has 26 heavy (non-hydrogen) atoms.